The lowest BCUT2D eigenvalue weighted by atomic mass is 9.99. The van der Waals surface area contributed by atoms with Crippen LogP contribution in [0.5, 0.6) is 0 Å². The van der Waals surface area contributed by atoms with Gasteiger partial charge in [0, 0.05) is 18.7 Å². The highest BCUT2D eigenvalue weighted by Gasteiger charge is 2.37. The van der Waals surface area contributed by atoms with E-state index in [0.29, 0.717) is 6.07 Å². The molecule has 0 bridgehead atoms. The van der Waals surface area contributed by atoms with Gasteiger partial charge in [0.15, 0.2) is 11.4 Å². The number of carbonyl (C=O) groups excluding carboxylic acids is 1. The van der Waals surface area contributed by atoms with Crippen molar-refractivity contribution in [2.24, 2.45) is 0 Å². The Labute approximate surface area is 190 Å². The molecule has 7 nitrogen and oxygen atoms in total. The Bertz CT molecular complexity index is 1270. The van der Waals surface area contributed by atoms with Gasteiger partial charge in [-0.25, -0.2) is 22.5 Å². The fraction of sp³-hybridized carbons (Fsp3) is 0.217. The predicted molar refractivity (Wildman–Crippen MR) is 111 cm³/mol. The number of aliphatic hydroxyl groups excluding tert-OH is 2. The SMILES string of the molecule is O=C1CCC(c2nc(C(O)(CO)CO)oc2-c2ccc(F)cc2F)=CN1c1c(F)cccc1F. The molecule has 2 heterocycles. The van der Waals surface area contributed by atoms with E-state index in [4.69, 9.17) is 4.42 Å². The normalized spacial score (nSPS) is 14.5. The number of aromatic nitrogens is 1. The van der Waals surface area contributed by atoms with E-state index in [-0.39, 0.29) is 35.4 Å². The number of carbonyl (C=O) groups is 1. The summed E-state index contributed by atoms with van der Waals surface area (Å²) in [6.07, 6.45) is 0.915. The standard InChI is InChI=1S/C23H18F4N2O5/c24-13-5-6-14(17(27)8-13)21-19(28-22(34-21)23(33,10-30)11-31)12-4-7-18(32)29(9-12)20-15(25)2-1-3-16(20)26/h1-3,5-6,8-9,30-31,33H,4,7,10-11H2. The number of aliphatic hydroxyl groups is 3. The van der Waals surface area contributed by atoms with Crippen LogP contribution in [0.4, 0.5) is 23.2 Å². The van der Waals surface area contributed by atoms with Crippen molar-refractivity contribution in [3.8, 4) is 11.3 Å². The molecule has 4 rings (SSSR count). The third-order valence-corrected chi connectivity index (χ3v) is 5.37. The Balaban J connectivity index is 1.92. The van der Waals surface area contributed by atoms with Crippen LogP contribution in [0.2, 0.25) is 0 Å². The van der Waals surface area contributed by atoms with Gasteiger partial charge in [-0.3, -0.25) is 9.69 Å². The van der Waals surface area contributed by atoms with Gasteiger partial charge in [-0.05, 0) is 36.3 Å². The molecule has 34 heavy (non-hydrogen) atoms. The Morgan fingerprint density at radius 2 is 1.68 bits per heavy atom. The molecule has 0 spiro atoms. The number of hydrogen-bond donors (Lipinski definition) is 3. The van der Waals surface area contributed by atoms with Gasteiger partial charge in [-0.15, -0.1) is 0 Å². The van der Waals surface area contributed by atoms with Gasteiger partial charge in [-0.2, -0.15) is 0 Å². The molecule has 1 aromatic heterocycles. The Hall–Kier alpha value is -3.54. The lowest BCUT2D eigenvalue weighted by molar-refractivity contribution is -0.118. The highest BCUT2D eigenvalue weighted by Crippen LogP contribution is 2.39. The number of amides is 1. The summed E-state index contributed by atoms with van der Waals surface area (Å²) in [5.41, 5.74) is -3.18. The highest BCUT2D eigenvalue weighted by atomic mass is 19.1. The van der Waals surface area contributed by atoms with E-state index < -0.39 is 59.6 Å². The van der Waals surface area contributed by atoms with Crippen LogP contribution in [0.1, 0.15) is 24.4 Å². The number of oxazole rings is 1. The van der Waals surface area contributed by atoms with E-state index in [1.165, 1.54) is 0 Å². The second-order valence-corrected chi connectivity index (χ2v) is 7.66. The summed E-state index contributed by atoms with van der Waals surface area (Å²) in [7, 11) is 0. The monoisotopic (exact) mass is 478 g/mol. The molecule has 3 N–H and O–H groups in total. The second kappa shape index (κ2) is 9.01. The van der Waals surface area contributed by atoms with Gasteiger partial charge in [0.2, 0.25) is 11.8 Å². The van der Waals surface area contributed by atoms with Crippen molar-refractivity contribution in [1.82, 2.24) is 4.98 Å². The number of anilines is 1. The van der Waals surface area contributed by atoms with Crippen LogP contribution in [-0.4, -0.2) is 39.4 Å². The van der Waals surface area contributed by atoms with Crippen LogP contribution in [0.15, 0.2) is 47.0 Å². The van der Waals surface area contributed by atoms with E-state index in [0.717, 1.165) is 41.4 Å². The zero-order valence-corrected chi connectivity index (χ0v) is 17.4. The van der Waals surface area contributed by atoms with Gasteiger partial charge in [0.05, 0.1) is 18.8 Å². The molecule has 0 saturated carbocycles. The lowest BCUT2D eigenvalue weighted by Gasteiger charge is -2.25. The second-order valence-electron chi connectivity index (χ2n) is 7.66. The third-order valence-electron chi connectivity index (χ3n) is 5.37. The van der Waals surface area contributed by atoms with Crippen LogP contribution in [0, 0.1) is 23.3 Å². The van der Waals surface area contributed by atoms with Gasteiger partial charge in [0.25, 0.3) is 0 Å². The minimum atomic E-state index is -2.34. The number of para-hydroxylation sites is 1. The molecule has 1 aliphatic rings. The van der Waals surface area contributed by atoms with Crippen LogP contribution in [0.25, 0.3) is 16.9 Å². The summed E-state index contributed by atoms with van der Waals surface area (Å²) in [6.45, 7) is -2.00. The fourth-order valence-electron chi connectivity index (χ4n) is 3.52. The van der Waals surface area contributed by atoms with Crippen LogP contribution in [0.3, 0.4) is 0 Å². The highest BCUT2D eigenvalue weighted by molar-refractivity contribution is 6.00. The first-order valence-corrected chi connectivity index (χ1v) is 10.1. The number of benzene rings is 2. The first kappa shape index (κ1) is 23.6. The molecule has 1 amide bonds. The molecule has 0 fully saturated rings. The minimum absolute atomic E-state index is 0.00384. The van der Waals surface area contributed by atoms with Gasteiger partial charge in [-0.1, -0.05) is 6.07 Å². The zero-order valence-electron chi connectivity index (χ0n) is 17.4. The van der Waals surface area contributed by atoms with Crippen molar-refractivity contribution < 1.29 is 42.1 Å². The van der Waals surface area contributed by atoms with E-state index in [1.807, 2.05) is 0 Å². The number of hydrogen-bond acceptors (Lipinski definition) is 6. The molecule has 2 aromatic carbocycles. The summed E-state index contributed by atoms with van der Waals surface area (Å²) < 4.78 is 62.3. The number of nitrogens with zero attached hydrogens (tertiary/aromatic N) is 2. The zero-order chi connectivity index (χ0) is 24.6. The van der Waals surface area contributed by atoms with Gasteiger partial charge in [0.1, 0.15) is 34.7 Å². The summed E-state index contributed by atoms with van der Waals surface area (Å²) in [5.74, 6) is -5.39. The van der Waals surface area contributed by atoms with E-state index in [2.05, 4.69) is 4.98 Å². The molecular weight excluding hydrogens is 460 g/mol. The lowest BCUT2D eigenvalue weighted by Crippen LogP contribution is -2.34. The molecule has 0 radical (unpaired) electrons. The Morgan fingerprint density at radius 1 is 1.00 bits per heavy atom. The average Bonchev–Trinajstić information content (AvgIpc) is 3.25. The molecule has 0 atom stereocenters. The van der Waals surface area contributed by atoms with Crippen LogP contribution < -0.4 is 4.90 Å². The molecule has 178 valence electrons. The van der Waals surface area contributed by atoms with Crippen molar-refractivity contribution in [3.05, 3.63) is 77.5 Å². The first-order chi connectivity index (χ1) is 16.2. The maximum absolute atomic E-state index is 14.6. The van der Waals surface area contributed by atoms with Gasteiger partial charge >= 0.3 is 0 Å². The van der Waals surface area contributed by atoms with Crippen molar-refractivity contribution in [3.63, 3.8) is 0 Å². The Morgan fingerprint density at radius 3 is 2.29 bits per heavy atom. The van der Waals surface area contributed by atoms with Crippen molar-refractivity contribution >= 4 is 17.2 Å². The maximum atomic E-state index is 14.6. The quantitative estimate of drug-likeness (QED) is 0.470. The molecular formula is C23H18F4N2O5. The Kier molecular flexibility index (Phi) is 6.26. The number of rotatable bonds is 6. The fourth-order valence-corrected chi connectivity index (χ4v) is 3.52. The molecule has 11 heteroatoms. The number of halogens is 4. The summed E-state index contributed by atoms with van der Waals surface area (Å²) in [5, 5.41) is 29.5. The van der Waals surface area contributed by atoms with E-state index in [9.17, 15) is 37.7 Å². The van der Waals surface area contributed by atoms with E-state index in [1.54, 1.807) is 0 Å². The largest absolute Gasteiger partial charge is 0.437 e. The molecule has 0 aliphatic carbocycles. The summed E-state index contributed by atoms with van der Waals surface area (Å²) in [6, 6.07) is 5.68. The maximum Gasteiger partial charge on any atom is 0.232 e. The molecule has 0 saturated heterocycles. The first-order valence-electron chi connectivity index (χ1n) is 10.1. The third kappa shape index (κ3) is 4.09. The minimum Gasteiger partial charge on any atom is -0.437 e. The van der Waals surface area contributed by atoms with Crippen molar-refractivity contribution in [2.45, 2.75) is 18.4 Å². The summed E-state index contributed by atoms with van der Waals surface area (Å²) in [4.78, 5) is 17.3. The van der Waals surface area contributed by atoms with Crippen LogP contribution in [-0.2, 0) is 10.4 Å². The topological polar surface area (TPSA) is 107 Å². The number of allylic oxidation sites excluding steroid dienone is 1. The average molecular weight is 478 g/mol. The summed E-state index contributed by atoms with van der Waals surface area (Å²) >= 11 is 0. The van der Waals surface area contributed by atoms with Crippen molar-refractivity contribution in [1.29, 1.82) is 0 Å². The van der Waals surface area contributed by atoms with E-state index >= 15 is 0 Å². The molecule has 1 aliphatic heterocycles. The smallest absolute Gasteiger partial charge is 0.232 e. The predicted octanol–water partition coefficient (Wildman–Crippen LogP) is 3.24. The van der Waals surface area contributed by atoms with Crippen LogP contribution >= 0.6 is 0 Å². The van der Waals surface area contributed by atoms with Crippen molar-refractivity contribution in [2.75, 3.05) is 18.1 Å². The molecule has 3 aromatic rings. The molecule has 0 unspecified atom stereocenters. The van der Waals surface area contributed by atoms with Gasteiger partial charge < -0.3 is 19.7 Å².